The van der Waals surface area contributed by atoms with E-state index in [-0.39, 0.29) is 6.42 Å². The van der Waals surface area contributed by atoms with Gasteiger partial charge in [0.2, 0.25) is 0 Å². The summed E-state index contributed by atoms with van der Waals surface area (Å²) in [5.74, 6) is -0.769. The van der Waals surface area contributed by atoms with Crippen molar-refractivity contribution in [1.29, 1.82) is 0 Å². The Kier molecular flexibility index (Phi) is 3.33. The second-order valence-electron chi connectivity index (χ2n) is 3.97. The van der Waals surface area contributed by atoms with Gasteiger partial charge in [0, 0.05) is 18.9 Å². The number of rotatable bonds is 4. The maximum Gasteiger partial charge on any atom is 0.303 e. The smallest absolute Gasteiger partial charge is 0.303 e. The van der Waals surface area contributed by atoms with Crippen molar-refractivity contribution < 1.29 is 9.90 Å². The summed E-state index contributed by atoms with van der Waals surface area (Å²) < 4.78 is 1.73. The van der Waals surface area contributed by atoms with Crippen molar-refractivity contribution in [2.45, 2.75) is 19.3 Å². The van der Waals surface area contributed by atoms with Crippen LogP contribution in [0, 0.1) is 0 Å². The topological polar surface area (TPSA) is 55.1 Å². The van der Waals surface area contributed by atoms with E-state index in [1.807, 2.05) is 25.2 Å². The summed E-state index contributed by atoms with van der Waals surface area (Å²) >= 11 is 6.08. The molecule has 1 aromatic carbocycles. The molecular formula is C12H13ClN2O2. The molecule has 0 aliphatic rings. The molecule has 90 valence electrons. The van der Waals surface area contributed by atoms with Gasteiger partial charge in [-0.05, 0) is 24.5 Å². The van der Waals surface area contributed by atoms with Gasteiger partial charge in [-0.2, -0.15) is 5.10 Å². The van der Waals surface area contributed by atoms with Gasteiger partial charge in [0.25, 0.3) is 0 Å². The zero-order chi connectivity index (χ0) is 12.4. The summed E-state index contributed by atoms with van der Waals surface area (Å²) in [7, 11) is 1.84. The normalized spacial score (nSPS) is 10.9. The van der Waals surface area contributed by atoms with E-state index in [2.05, 4.69) is 5.10 Å². The van der Waals surface area contributed by atoms with Crippen LogP contribution in [0.15, 0.2) is 18.2 Å². The zero-order valence-corrected chi connectivity index (χ0v) is 10.2. The van der Waals surface area contributed by atoms with E-state index >= 15 is 0 Å². The largest absolute Gasteiger partial charge is 0.481 e. The van der Waals surface area contributed by atoms with E-state index in [1.165, 1.54) is 0 Å². The molecule has 1 N–H and O–H groups in total. The Balaban J connectivity index is 2.31. The minimum atomic E-state index is -0.769. The Hall–Kier alpha value is -1.55. The third kappa shape index (κ3) is 2.42. The molecule has 0 saturated carbocycles. The molecule has 2 rings (SSSR count). The number of aryl methyl sites for hydroxylation is 2. The summed E-state index contributed by atoms with van der Waals surface area (Å²) in [6, 6.07) is 5.86. The lowest BCUT2D eigenvalue weighted by molar-refractivity contribution is -0.137. The number of carboxylic acid groups (broad SMARTS) is 1. The quantitative estimate of drug-likeness (QED) is 0.910. The van der Waals surface area contributed by atoms with E-state index in [0.717, 1.165) is 16.5 Å². The lowest BCUT2D eigenvalue weighted by Crippen LogP contribution is -1.96. The third-order valence-electron chi connectivity index (χ3n) is 2.76. The number of halogens is 1. The molecule has 1 heterocycles. The number of hydrogen-bond acceptors (Lipinski definition) is 2. The van der Waals surface area contributed by atoms with Gasteiger partial charge in [-0.15, -0.1) is 0 Å². The van der Waals surface area contributed by atoms with Gasteiger partial charge in [-0.3, -0.25) is 9.48 Å². The molecule has 5 heteroatoms. The summed E-state index contributed by atoms with van der Waals surface area (Å²) in [6.45, 7) is 0. The highest BCUT2D eigenvalue weighted by Crippen LogP contribution is 2.26. The molecule has 0 spiro atoms. The standard InChI is InChI=1S/C12H13ClN2O2/c1-15-9-6-2-4-8(5-3-7-10(16)17)11(9)12(13)14-15/h2,4,6H,3,5,7H2,1H3,(H,16,17). The van der Waals surface area contributed by atoms with Crippen molar-refractivity contribution in [2.24, 2.45) is 7.05 Å². The molecule has 0 saturated heterocycles. The van der Waals surface area contributed by atoms with Gasteiger partial charge in [0.1, 0.15) is 0 Å². The predicted octanol–water partition coefficient (Wildman–Crippen LogP) is 2.63. The minimum Gasteiger partial charge on any atom is -0.481 e. The molecule has 0 fully saturated rings. The highest BCUT2D eigenvalue weighted by atomic mass is 35.5. The highest BCUT2D eigenvalue weighted by Gasteiger charge is 2.10. The molecular weight excluding hydrogens is 240 g/mol. The van der Waals surface area contributed by atoms with Crippen LogP contribution in [0.2, 0.25) is 5.15 Å². The number of aromatic nitrogens is 2. The Labute approximate surface area is 104 Å². The van der Waals surface area contributed by atoms with Gasteiger partial charge >= 0.3 is 5.97 Å². The van der Waals surface area contributed by atoms with Crippen LogP contribution in [-0.4, -0.2) is 20.9 Å². The number of fused-ring (bicyclic) bond motifs is 1. The number of nitrogens with zero attached hydrogens (tertiary/aromatic N) is 2. The van der Waals surface area contributed by atoms with Crippen LogP contribution in [0.1, 0.15) is 18.4 Å². The predicted molar refractivity (Wildman–Crippen MR) is 66.3 cm³/mol. The number of benzene rings is 1. The lowest BCUT2D eigenvalue weighted by Gasteiger charge is -2.02. The first-order valence-electron chi connectivity index (χ1n) is 5.41. The first kappa shape index (κ1) is 11.9. The highest BCUT2D eigenvalue weighted by molar-refractivity contribution is 6.34. The minimum absolute atomic E-state index is 0.175. The number of carbonyl (C=O) groups is 1. The molecule has 0 unspecified atom stereocenters. The molecule has 0 aliphatic heterocycles. The lowest BCUT2D eigenvalue weighted by atomic mass is 10.0. The monoisotopic (exact) mass is 252 g/mol. The Morgan fingerprint density at radius 1 is 1.53 bits per heavy atom. The van der Waals surface area contributed by atoms with Crippen LogP contribution >= 0.6 is 11.6 Å². The number of hydrogen-bond donors (Lipinski definition) is 1. The Morgan fingerprint density at radius 2 is 2.29 bits per heavy atom. The summed E-state index contributed by atoms with van der Waals surface area (Å²) in [6.07, 6.45) is 1.49. The maximum absolute atomic E-state index is 10.5. The molecule has 1 aromatic heterocycles. The van der Waals surface area contributed by atoms with Crippen LogP contribution in [0.5, 0.6) is 0 Å². The van der Waals surface area contributed by atoms with Crippen LogP contribution in [0.3, 0.4) is 0 Å². The summed E-state index contributed by atoms with van der Waals surface area (Å²) in [5.41, 5.74) is 2.03. The maximum atomic E-state index is 10.5. The molecule has 4 nitrogen and oxygen atoms in total. The molecule has 0 radical (unpaired) electrons. The molecule has 0 amide bonds. The van der Waals surface area contributed by atoms with Crippen molar-refractivity contribution in [3.63, 3.8) is 0 Å². The van der Waals surface area contributed by atoms with Crippen LogP contribution in [-0.2, 0) is 18.3 Å². The molecule has 17 heavy (non-hydrogen) atoms. The van der Waals surface area contributed by atoms with E-state index in [4.69, 9.17) is 16.7 Å². The first-order valence-corrected chi connectivity index (χ1v) is 5.79. The van der Waals surface area contributed by atoms with Crippen molar-refractivity contribution in [3.05, 3.63) is 28.9 Å². The van der Waals surface area contributed by atoms with Gasteiger partial charge in [0.15, 0.2) is 5.15 Å². The van der Waals surface area contributed by atoms with Crippen molar-refractivity contribution in [3.8, 4) is 0 Å². The fourth-order valence-electron chi connectivity index (χ4n) is 1.97. The average molecular weight is 253 g/mol. The Bertz CT molecular complexity index is 563. The van der Waals surface area contributed by atoms with Crippen molar-refractivity contribution >= 4 is 28.5 Å². The summed E-state index contributed by atoms with van der Waals surface area (Å²) in [4.78, 5) is 10.5. The molecule has 2 aromatic rings. The molecule has 0 aliphatic carbocycles. The van der Waals surface area contributed by atoms with Gasteiger partial charge in [-0.25, -0.2) is 0 Å². The molecule has 0 bridgehead atoms. The van der Waals surface area contributed by atoms with Gasteiger partial charge in [-0.1, -0.05) is 23.7 Å². The van der Waals surface area contributed by atoms with Crippen LogP contribution in [0.25, 0.3) is 10.9 Å². The van der Waals surface area contributed by atoms with E-state index in [0.29, 0.717) is 18.0 Å². The van der Waals surface area contributed by atoms with E-state index < -0.39 is 5.97 Å². The fourth-order valence-corrected chi connectivity index (χ4v) is 2.30. The fraction of sp³-hybridized carbons (Fsp3) is 0.333. The number of aliphatic carboxylic acids is 1. The van der Waals surface area contributed by atoms with Crippen molar-refractivity contribution in [2.75, 3.05) is 0 Å². The zero-order valence-electron chi connectivity index (χ0n) is 9.48. The number of carboxylic acids is 1. The summed E-state index contributed by atoms with van der Waals surface area (Å²) in [5, 5.41) is 14.2. The Morgan fingerprint density at radius 3 is 3.00 bits per heavy atom. The average Bonchev–Trinajstić information content (AvgIpc) is 2.55. The second kappa shape index (κ2) is 4.75. The van der Waals surface area contributed by atoms with E-state index in [1.54, 1.807) is 4.68 Å². The van der Waals surface area contributed by atoms with Crippen LogP contribution in [0.4, 0.5) is 0 Å². The molecule has 0 atom stereocenters. The first-order chi connectivity index (χ1) is 8.09. The van der Waals surface area contributed by atoms with Gasteiger partial charge in [0.05, 0.1) is 5.52 Å². The third-order valence-corrected chi connectivity index (χ3v) is 3.02. The second-order valence-corrected chi connectivity index (χ2v) is 4.33. The van der Waals surface area contributed by atoms with E-state index in [9.17, 15) is 4.79 Å². The SMILES string of the molecule is Cn1nc(Cl)c2c(CCCC(=O)O)cccc21. The van der Waals surface area contributed by atoms with Gasteiger partial charge < -0.3 is 5.11 Å². The van der Waals surface area contributed by atoms with Crippen molar-refractivity contribution in [1.82, 2.24) is 9.78 Å². The van der Waals surface area contributed by atoms with Crippen LogP contribution < -0.4 is 0 Å².